The van der Waals surface area contributed by atoms with E-state index >= 15 is 0 Å². The molecular formula is C18H16NO3. The summed E-state index contributed by atoms with van der Waals surface area (Å²) in [5, 5.41) is 0. The van der Waals surface area contributed by atoms with Gasteiger partial charge < -0.3 is 4.74 Å². The van der Waals surface area contributed by atoms with E-state index in [9.17, 15) is 9.59 Å². The molecule has 1 radical (unpaired) electrons. The van der Waals surface area contributed by atoms with Crippen LogP contribution in [-0.2, 0) is 9.53 Å². The molecule has 22 heavy (non-hydrogen) atoms. The van der Waals surface area contributed by atoms with E-state index in [1.54, 1.807) is 6.92 Å². The molecule has 1 unspecified atom stereocenters. The zero-order chi connectivity index (χ0) is 15.7. The molecule has 0 aliphatic heterocycles. The van der Waals surface area contributed by atoms with E-state index in [1.165, 1.54) is 12.0 Å². The molecule has 4 heteroatoms. The van der Waals surface area contributed by atoms with Crippen molar-refractivity contribution in [3.8, 4) is 11.1 Å². The number of nitrogens with zero attached hydrogens (tertiary/aromatic N) is 1. The van der Waals surface area contributed by atoms with Gasteiger partial charge >= 0.3 is 6.09 Å². The van der Waals surface area contributed by atoms with E-state index in [0.29, 0.717) is 0 Å². The Hall–Kier alpha value is -2.62. The first-order chi connectivity index (χ1) is 10.7. The first-order valence-electron chi connectivity index (χ1n) is 7.11. The summed E-state index contributed by atoms with van der Waals surface area (Å²) >= 11 is 0. The van der Waals surface area contributed by atoms with Crippen molar-refractivity contribution in [1.29, 1.82) is 0 Å². The summed E-state index contributed by atoms with van der Waals surface area (Å²) in [6.45, 7) is 1.65. The van der Waals surface area contributed by atoms with Gasteiger partial charge in [0.15, 0.2) is 0 Å². The smallest absolute Gasteiger partial charge is 0.410 e. The minimum Gasteiger partial charge on any atom is -0.453 e. The maximum atomic E-state index is 12.2. The fraction of sp³-hybridized carbons (Fsp3) is 0.222. The summed E-state index contributed by atoms with van der Waals surface area (Å²) in [7, 11) is 1.32. The SMILES string of the molecule is COC(=O)N(C(C)[C]=O)C1c2ccccc2-c2ccccc21. The molecule has 2 aromatic rings. The van der Waals surface area contributed by atoms with E-state index in [-0.39, 0.29) is 6.04 Å². The molecule has 3 rings (SSSR count). The molecule has 0 fully saturated rings. The third-order valence-corrected chi connectivity index (χ3v) is 4.05. The van der Waals surface area contributed by atoms with Crippen LogP contribution in [0.2, 0.25) is 0 Å². The summed E-state index contributed by atoms with van der Waals surface area (Å²) in [4.78, 5) is 24.9. The largest absolute Gasteiger partial charge is 0.453 e. The Bertz CT molecular complexity index is 680. The minimum atomic E-state index is -0.698. The predicted molar refractivity (Wildman–Crippen MR) is 83.1 cm³/mol. The second kappa shape index (κ2) is 5.64. The molecule has 1 amide bonds. The number of carbonyl (C=O) groups excluding carboxylic acids is 2. The number of benzene rings is 2. The molecule has 111 valence electrons. The molecule has 0 spiro atoms. The van der Waals surface area contributed by atoms with Gasteiger partial charge in [0.25, 0.3) is 0 Å². The number of hydrogen-bond acceptors (Lipinski definition) is 3. The van der Waals surface area contributed by atoms with Gasteiger partial charge in [0.1, 0.15) is 0 Å². The lowest BCUT2D eigenvalue weighted by atomic mass is 10.0. The molecule has 0 N–H and O–H groups in total. The lowest BCUT2D eigenvalue weighted by Gasteiger charge is -2.31. The summed E-state index contributed by atoms with van der Waals surface area (Å²) in [5.74, 6) is 0. The van der Waals surface area contributed by atoms with E-state index in [0.717, 1.165) is 22.3 Å². The molecule has 1 aliphatic carbocycles. The van der Waals surface area contributed by atoms with E-state index < -0.39 is 12.1 Å². The second-order valence-corrected chi connectivity index (χ2v) is 5.25. The van der Waals surface area contributed by atoms with Crippen LogP contribution in [0.3, 0.4) is 0 Å². The number of rotatable bonds is 3. The first-order valence-corrected chi connectivity index (χ1v) is 7.11. The second-order valence-electron chi connectivity index (χ2n) is 5.25. The third-order valence-electron chi connectivity index (χ3n) is 4.05. The number of methoxy groups -OCH3 is 1. The van der Waals surface area contributed by atoms with Crippen LogP contribution >= 0.6 is 0 Å². The van der Waals surface area contributed by atoms with Crippen molar-refractivity contribution in [1.82, 2.24) is 4.90 Å². The van der Waals surface area contributed by atoms with Gasteiger partial charge in [-0.25, -0.2) is 4.79 Å². The van der Waals surface area contributed by atoms with Crippen LogP contribution in [0.15, 0.2) is 48.5 Å². The fourth-order valence-electron chi connectivity index (χ4n) is 3.08. The van der Waals surface area contributed by atoms with Crippen molar-refractivity contribution in [2.24, 2.45) is 0 Å². The standard InChI is InChI=1S/C18H16NO3/c1-12(11-20)19(18(21)22-2)17-15-9-5-3-7-13(15)14-8-4-6-10-16(14)17/h3-10,12,17H,1-2H3. The topological polar surface area (TPSA) is 46.6 Å². The molecule has 1 aliphatic rings. The third kappa shape index (κ3) is 2.08. The van der Waals surface area contributed by atoms with Gasteiger partial charge in [0.2, 0.25) is 6.29 Å². The van der Waals surface area contributed by atoms with Crippen LogP contribution < -0.4 is 0 Å². The molecule has 1 atom stereocenters. The van der Waals surface area contributed by atoms with Crippen molar-refractivity contribution in [2.75, 3.05) is 7.11 Å². The Labute approximate surface area is 129 Å². The molecule has 4 nitrogen and oxygen atoms in total. The van der Waals surface area contributed by atoms with Crippen LogP contribution in [0.25, 0.3) is 11.1 Å². The fourth-order valence-corrected chi connectivity index (χ4v) is 3.08. The minimum absolute atomic E-state index is 0.337. The maximum absolute atomic E-state index is 12.2. The number of ether oxygens (including phenoxy) is 1. The molecule has 0 saturated heterocycles. The van der Waals surface area contributed by atoms with Crippen LogP contribution in [-0.4, -0.2) is 30.4 Å². The van der Waals surface area contributed by atoms with Crippen LogP contribution in [0.5, 0.6) is 0 Å². The zero-order valence-corrected chi connectivity index (χ0v) is 12.4. The highest BCUT2D eigenvalue weighted by Gasteiger charge is 2.38. The average Bonchev–Trinajstić information content (AvgIpc) is 2.90. The van der Waals surface area contributed by atoms with Gasteiger partial charge in [-0.1, -0.05) is 48.5 Å². The number of carbonyl (C=O) groups is 1. The van der Waals surface area contributed by atoms with Crippen molar-refractivity contribution >= 4 is 12.4 Å². The summed E-state index contributed by atoms with van der Waals surface area (Å²) in [5.41, 5.74) is 4.15. The number of fused-ring (bicyclic) bond motifs is 3. The summed E-state index contributed by atoms with van der Waals surface area (Å²) < 4.78 is 4.89. The van der Waals surface area contributed by atoms with Crippen LogP contribution in [0.4, 0.5) is 4.79 Å². The van der Waals surface area contributed by atoms with Crippen molar-refractivity contribution in [2.45, 2.75) is 19.0 Å². The normalized spacial score (nSPS) is 13.9. The lowest BCUT2D eigenvalue weighted by molar-refractivity contribution is 0.106. The average molecular weight is 294 g/mol. The van der Waals surface area contributed by atoms with Crippen molar-refractivity contribution < 1.29 is 14.3 Å². The Balaban J connectivity index is 2.20. The van der Waals surface area contributed by atoms with Crippen LogP contribution in [0, 0.1) is 0 Å². The monoisotopic (exact) mass is 294 g/mol. The van der Waals surface area contributed by atoms with Gasteiger partial charge in [-0.05, 0) is 29.2 Å². The molecule has 0 saturated carbocycles. The predicted octanol–water partition coefficient (Wildman–Crippen LogP) is 3.32. The molecule has 2 aromatic carbocycles. The van der Waals surface area contributed by atoms with Gasteiger partial charge in [0, 0.05) is 0 Å². The van der Waals surface area contributed by atoms with Gasteiger partial charge in [0.05, 0.1) is 19.2 Å². The van der Waals surface area contributed by atoms with Crippen LogP contribution in [0.1, 0.15) is 24.1 Å². The highest BCUT2D eigenvalue weighted by atomic mass is 16.5. The zero-order valence-electron chi connectivity index (χ0n) is 12.4. The van der Waals surface area contributed by atoms with Crippen molar-refractivity contribution in [3.05, 3.63) is 59.7 Å². The van der Waals surface area contributed by atoms with E-state index in [4.69, 9.17) is 4.74 Å². The molecular weight excluding hydrogens is 278 g/mol. The molecule has 0 aromatic heterocycles. The Morgan fingerprint density at radius 3 is 2.05 bits per heavy atom. The Morgan fingerprint density at radius 2 is 1.59 bits per heavy atom. The van der Waals surface area contributed by atoms with Gasteiger partial charge in [-0.3, -0.25) is 9.69 Å². The van der Waals surface area contributed by atoms with E-state index in [2.05, 4.69) is 0 Å². The first kappa shape index (κ1) is 14.3. The Morgan fingerprint density at radius 1 is 1.09 bits per heavy atom. The summed E-state index contributed by atoms with van der Waals surface area (Å²) in [6.07, 6.45) is 1.36. The highest BCUT2D eigenvalue weighted by molar-refractivity contribution is 5.82. The molecule has 0 bridgehead atoms. The highest BCUT2D eigenvalue weighted by Crippen LogP contribution is 2.46. The number of amides is 1. The Kier molecular flexibility index (Phi) is 3.67. The van der Waals surface area contributed by atoms with E-state index in [1.807, 2.05) is 54.8 Å². The number of hydrogen-bond donors (Lipinski definition) is 0. The summed E-state index contributed by atoms with van der Waals surface area (Å²) in [6, 6.07) is 14.8. The van der Waals surface area contributed by atoms with Gasteiger partial charge in [-0.15, -0.1) is 0 Å². The van der Waals surface area contributed by atoms with Gasteiger partial charge in [-0.2, -0.15) is 0 Å². The quantitative estimate of drug-likeness (QED) is 0.872. The lowest BCUT2D eigenvalue weighted by Crippen LogP contribution is -2.42. The maximum Gasteiger partial charge on any atom is 0.410 e. The molecule has 0 heterocycles. The van der Waals surface area contributed by atoms with Crippen molar-refractivity contribution in [3.63, 3.8) is 0 Å².